The Labute approximate surface area is 114 Å². The van der Waals surface area contributed by atoms with Crippen molar-refractivity contribution >= 4 is 11.8 Å². The SMILES string of the molecule is CCCNc1nccc(NCC2(CO)CCCC2)n1. The van der Waals surface area contributed by atoms with Crippen LogP contribution in [0.2, 0.25) is 0 Å². The van der Waals surface area contributed by atoms with Gasteiger partial charge < -0.3 is 15.7 Å². The third-order valence-electron chi connectivity index (χ3n) is 3.83. The van der Waals surface area contributed by atoms with Crippen molar-refractivity contribution in [3.8, 4) is 0 Å². The van der Waals surface area contributed by atoms with Gasteiger partial charge in [0.15, 0.2) is 0 Å². The van der Waals surface area contributed by atoms with E-state index in [0.29, 0.717) is 5.95 Å². The van der Waals surface area contributed by atoms with Crippen LogP contribution in [-0.4, -0.2) is 34.8 Å². The Bertz CT molecular complexity index is 391. The first-order valence-corrected chi connectivity index (χ1v) is 7.20. The quantitative estimate of drug-likeness (QED) is 0.704. The number of rotatable bonds is 7. The van der Waals surface area contributed by atoms with Crippen molar-refractivity contribution in [1.82, 2.24) is 9.97 Å². The van der Waals surface area contributed by atoms with Crippen LogP contribution in [0.3, 0.4) is 0 Å². The standard InChI is InChI=1S/C14H24N4O/c1-2-8-15-13-16-9-5-12(18-13)17-10-14(11-19)6-3-4-7-14/h5,9,19H,2-4,6-8,10-11H2,1H3,(H2,15,16,17,18). The Kier molecular flexibility index (Phi) is 4.96. The minimum Gasteiger partial charge on any atom is -0.396 e. The van der Waals surface area contributed by atoms with Crippen molar-refractivity contribution in [3.63, 3.8) is 0 Å². The van der Waals surface area contributed by atoms with Crippen molar-refractivity contribution in [1.29, 1.82) is 0 Å². The van der Waals surface area contributed by atoms with Gasteiger partial charge in [-0.3, -0.25) is 0 Å². The predicted octanol–water partition coefficient (Wildman–Crippen LogP) is 2.26. The van der Waals surface area contributed by atoms with E-state index in [1.165, 1.54) is 12.8 Å². The average Bonchev–Trinajstić information content (AvgIpc) is 2.93. The summed E-state index contributed by atoms with van der Waals surface area (Å²) in [6.07, 6.45) is 7.44. The third kappa shape index (κ3) is 3.80. The first-order chi connectivity index (χ1) is 9.28. The van der Waals surface area contributed by atoms with E-state index in [-0.39, 0.29) is 12.0 Å². The molecule has 0 aromatic carbocycles. The molecule has 0 saturated heterocycles. The van der Waals surface area contributed by atoms with E-state index in [0.717, 1.165) is 38.2 Å². The topological polar surface area (TPSA) is 70.1 Å². The Morgan fingerprint density at radius 2 is 2.11 bits per heavy atom. The molecule has 5 heteroatoms. The van der Waals surface area contributed by atoms with E-state index in [1.54, 1.807) is 6.20 Å². The lowest BCUT2D eigenvalue weighted by molar-refractivity contribution is 0.142. The van der Waals surface area contributed by atoms with Crippen LogP contribution in [0.25, 0.3) is 0 Å². The van der Waals surface area contributed by atoms with Gasteiger partial charge in [-0.15, -0.1) is 0 Å². The fourth-order valence-electron chi connectivity index (χ4n) is 2.57. The Hall–Kier alpha value is -1.36. The normalized spacial score (nSPS) is 17.4. The van der Waals surface area contributed by atoms with Gasteiger partial charge in [-0.2, -0.15) is 4.98 Å². The van der Waals surface area contributed by atoms with Crippen LogP contribution < -0.4 is 10.6 Å². The van der Waals surface area contributed by atoms with Crippen LogP contribution in [-0.2, 0) is 0 Å². The first-order valence-electron chi connectivity index (χ1n) is 7.20. The molecule has 106 valence electrons. The molecule has 0 unspecified atom stereocenters. The molecule has 0 radical (unpaired) electrons. The predicted molar refractivity (Wildman–Crippen MR) is 77.3 cm³/mol. The van der Waals surface area contributed by atoms with E-state index in [1.807, 2.05) is 6.07 Å². The van der Waals surface area contributed by atoms with E-state index in [4.69, 9.17) is 0 Å². The first kappa shape index (κ1) is 14.1. The summed E-state index contributed by atoms with van der Waals surface area (Å²) in [6, 6.07) is 1.87. The molecule has 5 nitrogen and oxygen atoms in total. The Morgan fingerprint density at radius 1 is 1.32 bits per heavy atom. The summed E-state index contributed by atoms with van der Waals surface area (Å²) in [6.45, 7) is 4.03. The molecule has 1 heterocycles. The molecule has 0 spiro atoms. The van der Waals surface area contributed by atoms with E-state index in [2.05, 4.69) is 27.5 Å². The van der Waals surface area contributed by atoms with Gasteiger partial charge in [-0.1, -0.05) is 19.8 Å². The third-order valence-corrected chi connectivity index (χ3v) is 3.83. The molecule has 1 fully saturated rings. The summed E-state index contributed by atoms with van der Waals surface area (Å²) < 4.78 is 0. The van der Waals surface area contributed by atoms with Gasteiger partial charge in [0, 0.05) is 24.7 Å². The van der Waals surface area contributed by atoms with E-state index < -0.39 is 0 Å². The molecule has 1 aliphatic rings. The van der Waals surface area contributed by atoms with Gasteiger partial charge in [0.25, 0.3) is 0 Å². The maximum absolute atomic E-state index is 9.58. The zero-order valence-electron chi connectivity index (χ0n) is 11.7. The minimum absolute atomic E-state index is 0.0436. The number of aromatic nitrogens is 2. The number of aliphatic hydroxyl groups is 1. The molecular formula is C14H24N4O. The van der Waals surface area contributed by atoms with Gasteiger partial charge in [-0.25, -0.2) is 4.98 Å². The maximum Gasteiger partial charge on any atom is 0.224 e. The number of hydrogen-bond donors (Lipinski definition) is 3. The summed E-state index contributed by atoms with van der Waals surface area (Å²) in [5.74, 6) is 1.49. The number of anilines is 2. The number of hydrogen-bond acceptors (Lipinski definition) is 5. The monoisotopic (exact) mass is 264 g/mol. The Balaban J connectivity index is 1.91. The molecule has 3 N–H and O–H groups in total. The molecule has 1 saturated carbocycles. The van der Waals surface area contributed by atoms with Crippen molar-refractivity contribution in [2.75, 3.05) is 30.3 Å². The molecule has 1 aromatic rings. The molecule has 1 aromatic heterocycles. The summed E-state index contributed by atoms with van der Waals surface area (Å²) in [5.41, 5.74) is 0.0436. The number of nitrogens with one attached hydrogen (secondary N) is 2. The van der Waals surface area contributed by atoms with Gasteiger partial charge >= 0.3 is 0 Å². The number of aliphatic hydroxyl groups excluding tert-OH is 1. The maximum atomic E-state index is 9.58. The fourth-order valence-corrected chi connectivity index (χ4v) is 2.57. The molecule has 19 heavy (non-hydrogen) atoms. The van der Waals surface area contributed by atoms with Gasteiger partial charge in [0.1, 0.15) is 5.82 Å². The van der Waals surface area contributed by atoms with Gasteiger partial charge in [0.2, 0.25) is 5.95 Å². The molecule has 1 aliphatic carbocycles. The average molecular weight is 264 g/mol. The van der Waals surface area contributed by atoms with Crippen molar-refractivity contribution < 1.29 is 5.11 Å². The fraction of sp³-hybridized carbons (Fsp3) is 0.714. The second-order valence-electron chi connectivity index (χ2n) is 5.41. The highest BCUT2D eigenvalue weighted by Gasteiger charge is 2.32. The minimum atomic E-state index is 0.0436. The largest absolute Gasteiger partial charge is 0.396 e. The van der Waals surface area contributed by atoms with Crippen LogP contribution in [0.5, 0.6) is 0 Å². The highest BCUT2D eigenvalue weighted by atomic mass is 16.3. The molecule has 2 rings (SSSR count). The highest BCUT2D eigenvalue weighted by molar-refractivity contribution is 5.39. The summed E-state index contributed by atoms with van der Waals surface area (Å²) in [7, 11) is 0. The Morgan fingerprint density at radius 3 is 2.79 bits per heavy atom. The lowest BCUT2D eigenvalue weighted by Crippen LogP contribution is -2.30. The zero-order chi connectivity index (χ0) is 13.6. The molecular weight excluding hydrogens is 240 g/mol. The number of nitrogens with zero attached hydrogens (tertiary/aromatic N) is 2. The molecule has 0 atom stereocenters. The smallest absolute Gasteiger partial charge is 0.224 e. The van der Waals surface area contributed by atoms with Crippen molar-refractivity contribution in [2.45, 2.75) is 39.0 Å². The van der Waals surface area contributed by atoms with E-state index >= 15 is 0 Å². The summed E-state index contributed by atoms with van der Waals surface area (Å²) in [5, 5.41) is 16.1. The molecule has 0 bridgehead atoms. The van der Waals surface area contributed by atoms with Crippen LogP contribution in [0.15, 0.2) is 12.3 Å². The van der Waals surface area contributed by atoms with Gasteiger partial charge in [0.05, 0.1) is 6.61 Å². The summed E-state index contributed by atoms with van der Waals surface area (Å²) >= 11 is 0. The zero-order valence-corrected chi connectivity index (χ0v) is 11.7. The summed E-state index contributed by atoms with van der Waals surface area (Å²) in [4.78, 5) is 8.60. The van der Waals surface area contributed by atoms with Gasteiger partial charge in [-0.05, 0) is 25.3 Å². The van der Waals surface area contributed by atoms with Crippen LogP contribution in [0, 0.1) is 5.41 Å². The lowest BCUT2D eigenvalue weighted by Gasteiger charge is -2.26. The molecule has 0 amide bonds. The molecule has 0 aliphatic heterocycles. The van der Waals surface area contributed by atoms with Crippen molar-refractivity contribution in [2.24, 2.45) is 5.41 Å². The van der Waals surface area contributed by atoms with Crippen LogP contribution in [0.1, 0.15) is 39.0 Å². The second kappa shape index (κ2) is 6.70. The highest BCUT2D eigenvalue weighted by Crippen LogP contribution is 2.37. The van der Waals surface area contributed by atoms with Crippen LogP contribution >= 0.6 is 0 Å². The second-order valence-corrected chi connectivity index (χ2v) is 5.41. The van der Waals surface area contributed by atoms with E-state index in [9.17, 15) is 5.11 Å². The lowest BCUT2D eigenvalue weighted by atomic mass is 9.87. The van der Waals surface area contributed by atoms with Crippen molar-refractivity contribution in [3.05, 3.63) is 12.3 Å². The van der Waals surface area contributed by atoms with Crippen LogP contribution in [0.4, 0.5) is 11.8 Å².